The lowest BCUT2D eigenvalue weighted by Gasteiger charge is -2.16. The highest BCUT2D eigenvalue weighted by atomic mass is 79.9. The van der Waals surface area contributed by atoms with Crippen molar-refractivity contribution in [2.75, 3.05) is 6.54 Å². The van der Waals surface area contributed by atoms with E-state index in [1.165, 1.54) is 25.0 Å². The largest absolute Gasteiger partial charge is 0.352 e. The molecule has 1 aliphatic rings. The number of benzene rings is 1. The molecule has 0 aromatic heterocycles. The van der Waals surface area contributed by atoms with Gasteiger partial charge in [0.15, 0.2) is 0 Å². The van der Waals surface area contributed by atoms with Crippen LogP contribution in [0.3, 0.4) is 0 Å². The molecule has 1 aromatic carbocycles. The van der Waals surface area contributed by atoms with E-state index in [2.05, 4.69) is 28.2 Å². The van der Waals surface area contributed by atoms with Gasteiger partial charge < -0.3 is 5.32 Å². The number of carbonyl (C=O) groups excluding carboxylic acids is 1. The number of halogens is 2. The Kier molecular flexibility index (Phi) is 5.33. The first-order chi connectivity index (χ1) is 9.79. The fraction of sp³-hybridized carbons (Fsp3) is 0.500. The summed E-state index contributed by atoms with van der Waals surface area (Å²) in [6.45, 7) is 2.82. The molecule has 1 aliphatic carbocycles. The Morgan fingerprint density at radius 2 is 2.14 bits per heavy atom. The van der Waals surface area contributed by atoms with Crippen molar-refractivity contribution < 1.29 is 13.2 Å². The number of amides is 1. The van der Waals surface area contributed by atoms with Crippen LogP contribution in [0.25, 0.3) is 0 Å². The number of nitrogens with one attached hydrogen (secondary N) is 1. The topological polar surface area (TPSA) is 63.2 Å². The van der Waals surface area contributed by atoms with Crippen LogP contribution in [0.15, 0.2) is 27.6 Å². The summed E-state index contributed by atoms with van der Waals surface area (Å²) >= 11 is 3.12. The number of hydrogen-bond donors (Lipinski definition) is 1. The maximum Gasteiger partial charge on any atom is 0.262 e. The summed E-state index contributed by atoms with van der Waals surface area (Å²) in [4.78, 5) is 12.0. The Balaban J connectivity index is 2.09. The maximum atomic E-state index is 12.1. The molecule has 1 fully saturated rings. The summed E-state index contributed by atoms with van der Waals surface area (Å²) in [5.41, 5.74) is 0.295. The van der Waals surface area contributed by atoms with Gasteiger partial charge >= 0.3 is 0 Å². The lowest BCUT2D eigenvalue weighted by molar-refractivity contribution is 0.0944. The third-order valence-corrected chi connectivity index (χ3v) is 6.34. The van der Waals surface area contributed by atoms with Gasteiger partial charge in [-0.15, -0.1) is 0 Å². The second kappa shape index (κ2) is 6.67. The van der Waals surface area contributed by atoms with Crippen LogP contribution in [0.5, 0.6) is 0 Å². The van der Waals surface area contributed by atoms with E-state index in [0.29, 0.717) is 28.4 Å². The van der Waals surface area contributed by atoms with Gasteiger partial charge in [-0.05, 0) is 52.4 Å². The number of rotatable bonds is 4. The van der Waals surface area contributed by atoms with Gasteiger partial charge in [0.1, 0.15) is 0 Å². The normalized spacial score (nSPS) is 22.2. The van der Waals surface area contributed by atoms with Gasteiger partial charge in [-0.25, -0.2) is 8.42 Å². The lowest BCUT2D eigenvalue weighted by Crippen LogP contribution is -2.30. The zero-order valence-corrected chi connectivity index (χ0v) is 14.8. The third kappa shape index (κ3) is 4.20. The third-order valence-electron chi connectivity index (χ3n) is 4.02. The van der Waals surface area contributed by atoms with E-state index in [1.54, 1.807) is 6.07 Å². The average Bonchev–Trinajstić information content (AvgIpc) is 2.80. The van der Waals surface area contributed by atoms with Crippen LogP contribution in [0, 0.1) is 11.8 Å². The van der Waals surface area contributed by atoms with Crippen molar-refractivity contribution >= 4 is 41.6 Å². The molecule has 7 heteroatoms. The van der Waals surface area contributed by atoms with E-state index < -0.39 is 9.05 Å². The molecule has 0 heterocycles. The van der Waals surface area contributed by atoms with Crippen molar-refractivity contribution in [3.05, 3.63) is 28.2 Å². The van der Waals surface area contributed by atoms with Gasteiger partial charge in [0, 0.05) is 27.3 Å². The molecule has 4 nitrogen and oxygen atoms in total. The van der Waals surface area contributed by atoms with Crippen molar-refractivity contribution in [1.82, 2.24) is 5.32 Å². The Hall–Kier alpha value is -0.590. The number of hydrogen-bond acceptors (Lipinski definition) is 3. The predicted octanol–water partition coefficient (Wildman–Crippen LogP) is 3.54. The smallest absolute Gasteiger partial charge is 0.262 e. The highest BCUT2D eigenvalue weighted by Crippen LogP contribution is 2.30. The fourth-order valence-corrected chi connectivity index (χ4v) is 4.80. The lowest BCUT2D eigenvalue weighted by atomic mass is 9.98. The summed E-state index contributed by atoms with van der Waals surface area (Å²) in [5.74, 6) is 0.845. The van der Waals surface area contributed by atoms with Gasteiger partial charge in [0.25, 0.3) is 15.0 Å². The summed E-state index contributed by atoms with van der Waals surface area (Å²) in [5, 5.41) is 2.88. The summed E-state index contributed by atoms with van der Waals surface area (Å²) in [7, 11) is 1.47. The second-order valence-corrected chi connectivity index (χ2v) is 8.85. The molecule has 2 rings (SSSR count). The standard InChI is InChI=1S/C14H17BrClNO3S/c1-9-3-2-4-11(9)8-17-14(18)10-5-6-12(15)13(7-10)21(16,19)20/h5-7,9,11H,2-4,8H2,1H3,(H,17,18). The van der Waals surface area contributed by atoms with Crippen LogP contribution in [-0.2, 0) is 9.05 Å². The maximum absolute atomic E-state index is 12.1. The highest BCUT2D eigenvalue weighted by molar-refractivity contribution is 9.10. The van der Waals surface area contributed by atoms with Gasteiger partial charge in [-0.1, -0.05) is 19.8 Å². The molecule has 1 amide bonds. The van der Waals surface area contributed by atoms with Crippen molar-refractivity contribution in [2.24, 2.45) is 11.8 Å². The van der Waals surface area contributed by atoms with E-state index in [-0.39, 0.29) is 10.8 Å². The van der Waals surface area contributed by atoms with Crippen LogP contribution in [0.2, 0.25) is 0 Å². The molecule has 0 spiro atoms. The van der Waals surface area contributed by atoms with Crippen LogP contribution >= 0.6 is 26.6 Å². The van der Waals surface area contributed by atoms with Crippen LogP contribution < -0.4 is 5.32 Å². The van der Waals surface area contributed by atoms with Crippen molar-refractivity contribution in [3.8, 4) is 0 Å². The van der Waals surface area contributed by atoms with E-state index in [4.69, 9.17) is 10.7 Å². The van der Waals surface area contributed by atoms with Crippen LogP contribution in [0.1, 0.15) is 36.5 Å². The van der Waals surface area contributed by atoms with Crippen molar-refractivity contribution in [3.63, 3.8) is 0 Å². The molecule has 0 bridgehead atoms. The minimum atomic E-state index is -3.88. The molecule has 21 heavy (non-hydrogen) atoms. The summed E-state index contributed by atoms with van der Waals surface area (Å²) < 4.78 is 23.2. The van der Waals surface area contributed by atoms with Gasteiger partial charge in [0.2, 0.25) is 0 Å². The SMILES string of the molecule is CC1CCCC1CNC(=O)c1ccc(Br)c(S(=O)(=O)Cl)c1. The molecule has 1 N–H and O–H groups in total. The fourth-order valence-electron chi connectivity index (χ4n) is 2.68. The van der Waals surface area contributed by atoms with Crippen molar-refractivity contribution in [2.45, 2.75) is 31.1 Å². The van der Waals surface area contributed by atoms with Crippen molar-refractivity contribution in [1.29, 1.82) is 0 Å². The van der Waals surface area contributed by atoms with Gasteiger partial charge in [0.05, 0.1) is 4.90 Å². The quantitative estimate of drug-likeness (QED) is 0.794. The molecule has 0 aliphatic heterocycles. The minimum Gasteiger partial charge on any atom is -0.352 e. The van der Waals surface area contributed by atoms with E-state index >= 15 is 0 Å². The molecule has 116 valence electrons. The Morgan fingerprint density at radius 3 is 2.71 bits per heavy atom. The molecule has 2 atom stereocenters. The summed E-state index contributed by atoms with van der Waals surface area (Å²) in [6.07, 6.45) is 3.53. The molecule has 0 radical (unpaired) electrons. The average molecular weight is 395 g/mol. The first kappa shape index (κ1) is 16.8. The first-order valence-corrected chi connectivity index (χ1v) is 9.91. The highest BCUT2D eigenvalue weighted by Gasteiger charge is 2.24. The van der Waals surface area contributed by atoms with Gasteiger partial charge in [-0.2, -0.15) is 0 Å². The minimum absolute atomic E-state index is 0.0916. The molecular formula is C14H17BrClNO3S. The Morgan fingerprint density at radius 1 is 1.43 bits per heavy atom. The Labute approximate surface area is 137 Å². The van der Waals surface area contributed by atoms with Gasteiger partial charge in [-0.3, -0.25) is 4.79 Å². The molecule has 1 aromatic rings. The molecule has 1 saturated carbocycles. The van der Waals surface area contributed by atoms with Crippen LogP contribution in [0.4, 0.5) is 0 Å². The van der Waals surface area contributed by atoms with E-state index in [1.807, 2.05) is 0 Å². The number of carbonyl (C=O) groups is 1. The second-order valence-electron chi connectivity index (χ2n) is 5.46. The first-order valence-electron chi connectivity index (χ1n) is 6.81. The molecule has 0 saturated heterocycles. The van der Waals surface area contributed by atoms with E-state index in [0.717, 1.165) is 6.42 Å². The monoisotopic (exact) mass is 393 g/mol. The van der Waals surface area contributed by atoms with E-state index in [9.17, 15) is 13.2 Å². The molecular weight excluding hydrogens is 378 g/mol. The predicted molar refractivity (Wildman–Crippen MR) is 86.0 cm³/mol. The Bertz CT molecular complexity index is 648. The molecule has 2 unspecified atom stereocenters. The zero-order valence-electron chi connectivity index (χ0n) is 11.6. The zero-order chi connectivity index (χ0) is 15.6. The summed E-state index contributed by atoms with van der Waals surface area (Å²) in [6, 6.07) is 4.38. The van der Waals surface area contributed by atoms with Crippen LogP contribution in [-0.4, -0.2) is 20.9 Å².